The normalized spacial score (nSPS) is 10.4. The molecule has 4 N–H and O–H groups in total. The summed E-state index contributed by atoms with van der Waals surface area (Å²) in [5.41, 5.74) is 13.2. The molecule has 0 aliphatic heterocycles. The van der Waals surface area contributed by atoms with Gasteiger partial charge < -0.3 is 35.2 Å². The fraction of sp³-hybridized carbons (Fsp3) is 0.516. The first-order valence-corrected chi connectivity index (χ1v) is 13.5. The fourth-order valence-corrected chi connectivity index (χ4v) is 2.74. The quantitative estimate of drug-likeness (QED) is 0.147. The Kier molecular flexibility index (Phi) is 30.9. The molecule has 0 saturated carbocycles. The van der Waals surface area contributed by atoms with Crippen molar-refractivity contribution in [1.82, 2.24) is 0 Å². The molecule has 10 nitrogen and oxygen atoms in total. The van der Waals surface area contributed by atoms with Gasteiger partial charge in [-0.25, -0.2) is 0 Å². The van der Waals surface area contributed by atoms with Crippen LogP contribution < -0.4 is 16.2 Å². The summed E-state index contributed by atoms with van der Waals surface area (Å²) in [6.45, 7) is 9.06. The molecular weight excluding hydrogens is 524 g/mol. The van der Waals surface area contributed by atoms with Crippen molar-refractivity contribution in [3.05, 3.63) is 65.2 Å². The molecular formula is C31H52N4O6. The average Bonchev–Trinajstić information content (AvgIpc) is 3.00. The number of carbonyl (C=O) groups excluding carboxylic acids is 1. The largest absolute Gasteiger partial charge is 0.497 e. The van der Waals surface area contributed by atoms with Crippen LogP contribution in [-0.2, 0) is 18.9 Å². The van der Waals surface area contributed by atoms with Gasteiger partial charge in [-0.2, -0.15) is 0 Å². The molecule has 2 aromatic rings. The summed E-state index contributed by atoms with van der Waals surface area (Å²) in [7, 11) is 3.36. The maximum Gasteiger partial charge on any atom is 0.150 e. The van der Waals surface area contributed by atoms with Crippen LogP contribution in [0.5, 0.6) is 5.75 Å². The van der Waals surface area contributed by atoms with E-state index in [2.05, 4.69) is 16.9 Å². The van der Waals surface area contributed by atoms with E-state index in [4.69, 9.17) is 35.2 Å². The fourth-order valence-electron chi connectivity index (χ4n) is 2.74. The number of methoxy groups -OCH3 is 1. The molecule has 0 bridgehead atoms. The van der Waals surface area contributed by atoms with Crippen LogP contribution in [0.2, 0.25) is 0 Å². The number of benzene rings is 2. The van der Waals surface area contributed by atoms with Gasteiger partial charge in [0.15, 0.2) is 0 Å². The van der Waals surface area contributed by atoms with E-state index in [1.54, 1.807) is 38.4 Å². The van der Waals surface area contributed by atoms with Gasteiger partial charge in [0.1, 0.15) is 12.0 Å². The number of nitrogens with zero attached hydrogens (tertiary/aromatic N) is 2. The van der Waals surface area contributed by atoms with Gasteiger partial charge in [0, 0.05) is 44.7 Å². The van der Waals surface area contributed by atoms with E-state index in [1.807, 2.05) is 36.7 Å². The van der Waals surface area contributed by atoms with Crippen molar-refractivity contribution in [3.63, 3.8) is 0 Å². The van der Waals surface area contributed by atoms with Crippen LogP contribution in [0.1, 0.15) is 42.3 Å². The third-order valence-corrected chi connectivity index (χ3v) is 4.69. The Morgan fingerprint density at radius 2 is 1.15 bits per heavy atom. The van der Waals surface area contributed by atoms with E-state index in [0.717, 1.165) is 36.2 Å². The molecule has 0 saturated heterocycles. The highest BCUT2D eigenvalue weighted by Crippen LogP contribution is 2.09. The van der Waals surface area contributed by atoms with E-state index >= 15 is 0 Å². The molecule has 0 radical (unpaired) electrons. The van der Waals surface area contributed by atoms with Crippen molar-refractivity contribution in [2.45, 2.75) is 20.8 Å². The molecule has 0 spiro atoms. The van der Waals surface area contributed by atoms with Crippen LogP contribution in [-0.4, -0.2) is 105 Å². The SMILES string of the molecule is C.CCCOCCOCCN=Cc1ccc(C=NC)cc1.COc1ccc(C=O)cc1.NCCOCCOCCN. The van der Waals surface area contributed by atoms with E-state index in [1.165, 1.54) is 0 Å². The highest BCUT2D eigenvalue weighted by molar-refractivity contribution is 5.84. The molecule has 0 aliphatic carbocycles. The van der Waals surface area contributed by atoms with Crippen molar-refractivity contribution < 1.29 is 28.5 Å². The van der Waals surface area contributed by atoms with Crippen molar-refractivity contribution in [2.75, 3.05) is 86.6 Å². The molecule has 2 aromatic carbocycles. The Hall–Kier alpha value is -2.99. The molecule has 0 heterocycles. The molecule has 0 aliphatic rings. The number of nitrogens with two attached hydrogens (primary N) is 2. The minimum Gasteiger partial charge on any atom is -0.497 e. The molecule has 0 fully saturated rings. The number of aliphatic imine (C=N–C) groups is 2. The lowest BCUT2D eigenvalue weighted by molar-refractivity contribution is 0.0511. The molecule has 232 valence electrons. The molecule has 0 atom stereocenters. The predicted octanol–water partition coefficient (Wildman–Crippen LogP) is 3.68. The van der Waals surface area contributed by atoms with Gasteiger partial charge in [0.05, 0.1) is 59.9 Å². The van der Waals surface area contributed by atoms with Crippen molar-refractivity contribution in [2.24, 2.45) is 21.5 Å². The van der Waals surface area contributed by atoms with Gasteiger partial charge in [0.2, 0.25) is 0 Å². The molecule has 0 amide bonds. The van der Waals surface area contributed by atoms with Crippen molar-refractivity contribution in [1.29, 1.82) is 0 Å². The monoisotopic (exact) mass is 576 g/mol. The second-order valence-electron chi connectivity index (χ2n) is 8.01. The van der Waals surface area contributed by atoms with Crippen LogP contribution >= 0.6 is 0 Å². The van der Waals surface area contributed by atoms with Gasteiger partial charge >= 0.3 is 0 Å². The van der Waals surface area contributed by atoms with E-state index in [9.17, 15) is 4.79 Å². The Balaban J connectivity index is 0. The van der Waals surface area contributed by atoms with Crippen LogP contribution in [0, 0.1) is 0 Å². The number of ether oxygens (including phenoxy) is 5. The zero-order chi connectivity index (χ0) is 29.5. The van der Waals surface area contributed by atoms with E-state index in [0.29, 0.717) is 71.4 Å². The molecule has 0 aromatic heterocycles. The van der Waals surface area contributed by atoms with Crippen molar-refractivity contribution in [3.8, 4) is 5.75 Å². The van der Waals surface area contributed by atoms with E-state index < -0.39 is 0 Å². The number of rotatable bonds is 19. The van der Waals surface area contributed by atoms with E-state index in [-0.39, 0.29) is 7.43 Å². The molecule has 2 rings (SSSR count). The molecule has 41 heavy (non-hydrogen) atoms. The second-order valence-corrected chi connectivity index (χ2v) is 8.01. The van der Waals surface area contributed by atoms with Gasteiger partial charge in [-0.1, -0.05) is 38.6 Å². The lowest BCUT2D eigenvalue weighted by Crippen LogP contribution is -2.14. The first-order valence-electron chi connectivity index (χ1n) is 13.5. The summed E-state index contributed by atoms with van der Waals surface area (Å²) in [5, 5.41) is 0. The maximum absolute atomic E-state index is 10.2. The summed E-state index contributed by atoms with van der Waals surface area (Å²) >= 11 is 0. The number of hydrogen-bond acceptors (Lipinski definition) is 10. The molecule has 10 heteroatoms. The Morgan fingerprint density at radius 1 is 0.683 bits per heavy atom. The van der Waals surface area contributed by atoms with Crippen LogP contribution in [0.4, 0.5) is 0 Å². The number of carbonyl (C=O) groups is 1. The third-order valence-electron chi connectivity index (χ3n) is 4.69. The zero-order valence-electron chi connectivity index (χ0n) is 24.3. The topological polar surface area (TPSA) is 140 Å². The zero-order valence-corrected chi connectivity index (χ0v) is 24.3. The first kappa shape index (κ1) is 40.2. The Bertz CT molecular complexity index is 869. The smallest absolute Gasteiger partial charge is 0.150 e. The van der Waals surface area contributed by atoms with Gasteiger partial charge in [-0.3, -0.25) is 14.8 Å². The highest BCUT2D eigenvalue weighted by Gasteiger charge is 1.91. The predicted molar refractivity (Wildman–Crippen MR) is 169 cm³/mol. The summed E-state index contributed by atoms with van der Waals surface area (Å²) < 4.78 is 25.7. The second kappa shape index (κ2) is 31.5. The summed E-state index contributed by atoms with van der Waals surface area (Å²) in [6.07, 6.45) is 5.55. The van der Waals surface area contributed by atoms with Crippen LogP contribution in [0.15, 0.2) is 58.5 Å². The maximum atomic E-state index is 10.2. The van der Waals surface area contributed by atoms with Gasteiger partial charge in [-0.05, 0) is 41.8 Å². The average molecular weight is 577 g/mol. The van der Waals surface area contributed by atoms with Crippen LogP contribution in [0.25, 0.3) is 0 Å². The van der Waals surface area contributed by atoms with Gasteiger partial charge in [-0.15, -0.1) is 0 Å². The summed E-state index contributed by atoms with van der Waals surface area (Å²) in [4.78, 5) is 18.5. The standard InChI is InChI=1S/C16H24N2O2.C8H8O2.C6H16N2O2.CH4/c1-3-9-19-11-12-20-10-8-18-14-16-6-4-15(5-7-16)13-17-2;1-10-8-4-2-7(6-9)3-5-8;7-1-3-9-5-6-10-4-2-8;/h4-7,13-14H,3,8-12H2,1-2H3;2-6H,1H3;1-8H2;1H4. The Morgan fingerprint density at radius 3 is 1.59 bits per heavy atom. The van der Waals surface area contributed by atoms with Gasteiger partial charge in [0.25, 0.3) is 0 Å². The highest BCUT2D eigenvalue weighted by atomic mass is 16.5. The summed E-state index contributed by atoms with van der Waals surface area (Å²) in [5.74, 6) is 0.769. The number of aldehydes is 1. The molecule has 0 unspecified atom stereocenters. The van der Waals surface area contributed by atoms with Crippen molar-refractivity contribution >= 4 is 18.7 Å². The lowest BCUT2D eigenvalue weighted by Gasteiger charge is -2.03. The first-order chi connectivity index (χ1) is 19.6. The number of hydrogen-bond donors (Lipinski definition) is 2. The third kappa shape index (κ3) is 25.7. The minimum absolute atomic E-state index is 0. The Labute approximate surface area is 247 Å². The summed E-state index contributed by atoms with van der Waals surface area (Å²) in [6, 6.07) is 15.0. The lowest BCUT2D eigenvalue weighted by atomic mass is 10.2. The minimum atomic E-state index is 0. The van der Waals surface area contributed by atoms with Crippen LogP contribution in [0.3, 0.4) is 0 Å².